The summed E-state index contributed by atoms with van der Waals surface area (Å²) < 4.78 is 64.9. The molecular formula is C19H20ClF3N2O3S. The van der Waals surface area contributed by atoms with E-state index in [4.69, 9.17) is 11.6 Å². The quantitative estimate of drug-likeness (QED) is 0.716. The van der Waals surface area contributed by atoms with E-state index in [-0.39, 0.29) is 5.69 Å². The van der Waals surface area contributed by atoms with Gasteiger partial charge in [0.05, 0.1) is 22.5 Å². The third kappa shape index (κ3) is 5.22. The Bertz CT molecular complexity index is 1020. The summed E-state index contributed by atoms with van der Waals surface area (Å²) in [7, 11) is -4.09. The molecule has 0 unspecified atom stereocenters. The Balaban J connectivity index is 2.47. The van der Waals surface area contributed by atoms with Gasteiger partial charge in [0.1, 0.15) is 6.04 Å². The predicted molar refractivity (Wildman–Crippen MR) is 108 cm³/mol. The molecule has 0 saturated carbocycles. The summed E-state index contributed by atoms with van der Waals surface area (Å²) in [6.07, 6.45) is -3.96. The number of nitrogens with one attached hydrogen (secondary N) is 1. The van der Waals surface area contributed by atoms with Crippen LogP contribution < -0.4 is 9.62 Å². The molecule has 0 saturated heterocycles. The van der Waals surface area contributed by atoms with Crippen molar-refractivity contribution in [3.05, 3.63) is 58.1 Å². The second-order valence-electron chi connectivity index (χ2n) is 6.65. The number of rotatable bonds is 5. The number of carbonyl (C=O) groups is 1. The fourth-order valence-electron chi connectivity index (χ4n) is 2.92. The molecule has 0 spiro atoms. The summed E-state index contributed by atoms with van der Waals surface area (Å²) in [5.41, 5.74) is 0.551. The van der Waals surface area contributed by atoms with Crippen molar-refractivity contribution >= 4 is 38.9 Å². The molecule has 0 radical (unpaired) electrons. The number of alkyl halides is 3. The van der Waals surface area contributed by atoms with E-state index in [1.807, 2.05) is 0 Å². The molecule has 1 N–H and O–H groups in total. The van der Waals surface area contributed by atoms with E-state index in [1.54, 1.807) is 32.0 Å². The first kappa shape index (κ1) is 23.0. The van der Waals surface area contributed by atoms with Crippen molar-refractivity contribution in [3.8, 4) is 0 Å². The molecule has 5 nitrogen and oxygen atoms in total. The molecule has 1 atom stereocenters. The van der Waals surface area contributed by atoms with Crippen LogP contribution in [0.25, 0.3) is 0 Å². The Hall–Kier alpha value is -2.26. The highest BCUT2D eigenvalue weighted by Gasteiger charge is 2.36. The molecule has 0 aliphatic heterocycles. The van der Waals surface area contributed by atoms with Crippen molar-refractivity contribution in [2.45, 2.75) is 33.0 Å². The van der Waals surface area contributed by atoms with Gasteiger partial charge in [-0.25, -0.2) is 8.42 Å². The van der Waals surface area contributed by atoms with Crippen LogP contribution in [0.3, 0.4) is 0 Å². The van der Waals surface area contributed by atoms with Gasteiger partial charge in [0.2, 0.25) is 15.9 Å². The minimum Gasteiger partial charge on any atom is -0.324 e. The Morgan fingerprint density at radius 1 is 1.14 bits per heavy atom. The lowest BCUT2D eigenvalue weighted by molar-refractivity contribution is -0.137. The first-order chi connectivity index (χ1) is 13.2. The standard InChI is InChI=1S/C19H20ClF3N2O3S/c1-11-6-5-7-12(2)17(11)24-18(26)13(3)25(29(4,27)28)14-8-9-16(20)15(10-14)19(21,22)23/h5-10,13H,1-4H3,(H,24,26)/t13-/m1/s1. The van der Waals surface area contributed by atoms with E-state index >= 15 is 0 Å². The van der Waals surface area contributed by atoms with Crippen LogP contribution in [0.5, 0.6) is 0 Å². The largest absolute Gasteiger partial charge is 0.417 e. The van der Waals surface area contributed by atoms with E-state index in [2.05, 4.69) is 5.32 Å². The van der Waals surface area contributed by atoms with E-state index in [0.29, 0.717) is 16.1 Å². The first-order valence-corrected chi connectivity index (χ1v) is 10.7. The number of sulfonamides is 1. The van der Waals surface area contributed by atoms with Gasteiger partial charge in [0, 0.05) is 5.69 Å². The van der Waals surface area contributed by atoms with Gasteiger partial charge in [-0.05, 0) is 50.1 Å². The van der Waals surface area contributed by atoms with E-state index in [1.165, 1.54) is 6.92 Å². The summed E-state index contributed by atoms with van der Waals surface area (Å²) >= 11 is 5.62. The van der Waals surface area contributed by atoms with Gasteiger partial charge in [0.15, 0.2) is 0 Å². The number of hydrogen-bond donors (Lipinski definition) is 1. The third-order valence-corrected chi connectivity index (χ3v) is 5.90. The predicted octanol–water partition coefficient (Wildman–Crippen LogP) is 4.77. The summed E-state index contributed by atoms with van der Waals surface area (Å²) in [6, 6.07) is 6.74. The van der Waals surface area contributed by atoms with Gasteiger partial charge in [0.25, 0.3) is 0 Å². The lowest BCUT2D eigenvalue weighted by Gasteiger charge is -2.29. The number of para-hydroxylation sites is 1. The fraction of sp³-hybridized carbons (Fsp3) is 0.316. The van der Waals surface area contributed by atoms with E-state index in [0.717, 1.165) is 29.5 Å². The molecule has 2 rings (SSSR count). The summed E-state index contributed by atoms with van der Waals surface area (Å²) in [5.74, 6) is -0.684. The zero-order valence-corrected chi connectivity index (χ0v) is 17.7. The van der Waals surface area contributed by atoms with Crippen molar-refractivity contribution in [2.75, 3.05) is 15.9 Å². The number of halogens is 4. The van der Waals surface area contributed by atoms with Gasteiger partial charge >= 0.3 is 6.18 Å². The molecule has 158 valence electrons. The molecular weight excluding hydrogens is 429 g/mol. The Morgan fingerprint density at radius 2 is 1.69 bits per heavy atom. The monoisotopic (exact) mass is 448 g/mol. The lowest BCUT2D eigenvalue weighted by Crippen LogP contribution is -2.45. The van der Waals surface area contributed by atoms with Crippen molar-refractivity contribution in [3.63, 3.8) is 0 Å². The highest BCUT2D eigenvalue weighted by Crippen LogP contribution is 2.37. The number of amides is 1. The number of anilines is 2. The van der Waals surface area contributed by atoms with Gasteiger partial charge in [-0.3, -0.25) is 9.10 Å². The van der Waals surface area contributed by atoms with Crippen molar-refractivity contribution in [1.29, 1.82) is 0 Å². The molecule has 10 heteroatoms. The smallest absolute Gasteiger partial charge is 0.324 e. The molecule has 0 fully saturated rings. The van der Waals surface area contributed by atoms with Gasteiger partial charge < -0.3 is 5.32 Å². The second kappa shape index (κ2) is 8.23. The minimum absolute atomic E-state index is 0.312. The van der Waals surface area contributed by atoms with Crippen molar-refractivity contribution < 1.29 is 26.4 Å². The third-order valence-electron chi connectivity index (χ3n) is 4.33. The van der Waals surface area contributed by atoms with E-state index in [9.17, 15) is 26.4 Å². The van der Waals surface area contributed by atoms with Crippen molar-refractivity contribution in [1.82, 2.24) is 0 Å². The number of hydrogen-bond acceptors (Lipinski definition) is 3. The average Bonchev–Trinajstić information content (AvgIpc) is 2.57. The summed E-state index contributed by atoms with van der Waals surface area (Å²) in [4.78, 5) is 12.8. The highest BCUT2D eigenvalue weighted by atomic mass is 35.5. The van der Waals surface area contributed by atoms with E-state index < -0.39 is 38.7 Å². The molecule has 1 amide bonds. The van der Waals surface area contributed by atoms with Gasteiger partial charge in [-0.15, -0.1) is 0 Å². The van der Waals surface area contributed by atoms with Crippen LogP contribution in [0.4, 0.5) is 24.5 Å². The minimum atomic E-state index is -4.78. The van der Waals surface area contributed by atoms with Crippen LogP contribution >= 0.6 is 11.6 Å². The number of aryl methyl sites for hydroxylation is 2. The molecule has 0 aliphatic carbocycles. The molecule has 0 aromatic heterocycles. The zero-order chi connectivity index (χ0) is 22.1. The van der Waals surface area contributed by atoms with Crippen LogP contribution in [0.15, 0.2) is 36.4 Å². The first-order valence-electron chi connectivity index (χ1n) is 8.46. The highest BCUT2D eigenvalue weighted by molar-refractivity contribution is 7.92. The number of carbonyl (C=O) groups excluding carboxylic acids is 1. The van der Waals surface area contributed by atoms with Gasteiger partial charge in [-0.2, -0.15) is 13.2 Å². The Morgan fingerprint density at radius 3 is 2.17 bits per heavy atom. The summed E-state index contributed by atoms with van der Waals surface area (Å²) in [6.45, 7) is 4.85. The molecule has 2 aromatic carbocycles. The van der Waals surface area contributed by atoms with Crippen LogP contribution in [0.2, 0.25) is 5.02 Å². The molecule has 0 bridgehead atoms. The molecule has 2 aromatic rings. The normalized spacial score (nSPS) is 13.1. The number of benzene rings is 2. The zero-order valence-electron chi connectivity index (χ0n) is 16.1. The Labute approximate surface area is 172 Å². The molecule has 0 aliphatic rings. The lowest BCUT2D eigenvalue weighted by atomic mass is 10.1. The summed E-state index contributed by atoms with van der Waals surface area (Å²) in [5, 5.41) is 2.10. The van der Waals surface area contributed by atoms with Crippen LogP contribution in [-0.4, -0.2) is 26.6 Å². The average molecular weight is 449 g/mol. The topological polar surface area (TPSA) is 66.5 Å². The molecule has 0 heterocycles. The second-order valence-corrected chi connectivity index (χ2v) is 8.92. The maximum Gasteiger partial charge on any atom is 0.417 e. The maximum absolute atomic E-state index is 13.2. The maximum atomic E-state index is 13.2. The SMILES string of the molecule is Cc1cccc(C)c1NC(=O)[C@@H](C)N(c1ccc(Cl)c(C(F)(F)F)c1)S(C)(=O)=O. The van der Waals surface area contributed by atoms with Crippen molar-refractivity contribution in [2.24, 2.45) is 0 Å². The number of nitrogens with zero attached hydrogens (tertiary/aromatic N) is 1. The van der Waals surface area contributed by atoms with Crippen LogP contribution in [0.1, 0.15) is 23.6 Å². The van der Waals surface area contributed by atoms with Crippen LogP contribution in [-0.2, 0) is 21.0 Å². The Kier molecular flexibility index (Phi) is 6.54. The molecule has 29 heavy (non-hydrogen) atoms. The fourth-order valence-corrected chi connectivity index (χ4v) is 4.31. The van der Waals surface area contributed by atoms with Crippen LogP contribution in [0, 0.1) is 13.8 Å². The van der Waals surface area contributed by atoms with Gasteiger partial charge in [-0.1, -0.05) is 29.8 Å².